The molecule has 2 rings (SSSR count). The normalized spacial score (nSPS) is 19.3. The molecule has 3 heteroatoms. The molecule has 0 atom stereocenters. The van der Waals surface area contributed by atoms with Crippen molar-refractivity contribution in [1.29, 1.82) is 0 Å². The van der Waals surface area contributed by atoms with E-state index in [1.165, 1.54) is 43.5 Å². The summed E-state index contributed by atoms with van der Waals surface area (Å²) in [7, 11) is 0. The van der Waals surface area contributed by atoms with Gasteiger partial charge >= 0.3 is 0 Å². The minimum absolute atomic E-state index is 0.481. The maximum absolute atomic E-state index is 4.65. The van der Waals surface area contributed by atoms with Crippen LogP contribution in [0.4, 0.5) is 0 Å². The van der Waals surface area contributed by atoms with Gasteiger partial charge in [-0.05, 0) is 42.0 Å². The average molecular weight is 284 g/mol. The Labute approximate surface area is 121 Å². The summed E-state index contributed by atoms with van der Waals surface area (Å²) in [4.78, 5) is 4.09. The molecule has 0 saturated heterocycles. The molecule has 1 nitrogen and oxygen atoms in total. The summed E-state index contributed by atoms with van der Waals surface area (Å²) in [6.07, 6.45) is 6.97. The van der Waals surface area contributed by atoms with Gasteiger partial charge in [-0.3, -0.25) is 4.90 Å². The number of thiophene rings is 1. The fourth-order valence-corrected chi connectivity index (χ4v) is 4.21. The van der Waals surface area contributed by atoms with Crippen LogP contribution in [0.5, 0.6) is 0 Å². The van der Waals surface area contributed by atoms with Crippen LogP contribution < -0.4 is 0 Å². The van der Waals surface area contributed by atoms with Gasteiger partial charge < -0.3 is 0 Å². The Morgan fingerprint density at radius 3 is 2.67 bits per heavy atom. The molecule has 0 spiro atoms. The quantitative estimate of drug-likeness (QED) is 0.755. The SMILES string of the molecule is CCN(Cc1cccs1)CC1(CS)CCCCC1. The first-order chi connectivity index (χ1) is 8.78. The lowest BCUT2D eigenvalue weighted by Crippen LogP contribution is -2.40. The van der Waals surface area contributed by atoms with Gasteiger partial charge in [0.2, 0.25) is 0 Å². The van der Waals surface area contributed by atoms with E-state index in [-0.39, 0.29) is 0 Å². The van der Waals surface area contributed by atoms with Crippen molar-refractivity contribution in [3.63, 3.8) is 0 Å². The highest BCUT2D eigenvalue weighted by atomic mass is 32.1. The third-order valence-corrected chi connectivity index (χ3v) is 5.75. The summed E-state index contributed by atoms with van der Waals surface area (Å²) in [5.41, 5.74) is 0.481. The van der Waals surface area contributed by atoms with E-state index in [0.29, 0.717) is 5.41 Å². The molecule has 102 valence electrons. The van der Waals surface area contributed by atoms with Crippen molar-refractivity contribution in [3.05, 3.63) is 22.4 Å². The van der Waals surface area contributed by atoms with Crippen molar-refractivity contribution in [2.45, 2.75) is 45.6 Å². The summed E-state index contributed by atoms with van der Waals surface area (Å²) in [5.74, 6) is 1.05. The van der Waals surface area contributed by atoms with Crippen molar-refractivity contribution in [3.8, 4) is 0 Å². The predicted molar refractivity (Wildman–Crippen MR) is 84.6 cm³/mol. The van der Waals surface area contributed by atoms with Gasteiger partial charge in [0.05, 0.1) is 0 Å². The lowest BCUT2D eigenvalue weighted by molar-refractivity contribution is 0.126. The molecule has 0 aliphatic heterocycles. The summed E-state index contributed by atoms with van der Waals surface area (Å²) >= 11 is 6.53. The third-order valence-electron chi connectivity index (χ3n) is 4.22. The first-order valence-electron chi connectivity index (χ1n) is 7.13. The fraction of sp³-hybridized carbons (Fsp3) is 0.733. The standard InChI is InChI=1S/C15H25NS2/c1-2-16(11-14-7-6-10-18-14)12-15(13-17)8-4-3-5-9-15/h6-7,10,17H,2-5,8-9,11-13H2,1H3. The van der Waals surface area contributed by atoms with Crippen LogP contribution in [0.1, 0.15) is 43.9 Å². The summed E-state index contributed by atoms with van der Waals surface area (Å²) < 4.78 is 0. The van der Waals surface area contributed by atoms with Gasteiger partial charge in [0, 0.05) is 18.0 Å². The van der Waals surface area contributed by atoms with Gasteiger partial charge in [0.1, 0.15) is 0 Å². The first kappa shape index (κ1) is 14.4. The Morgan fingerprint density at radius 2 is 2.11 bits per heavy atom. The van der Waals surface area contributed by atoms with Crippen LogP contribution >= 0.6 is 24.0 Å². The molecular formula is C15H25NS2. The zero-order valence-electron chi connectivity index (χ0n) is 11.4. The Morgan fingerprint density at radius 1 is 1.33 bits per heavy atom. The molecule has 0 unspecified atom stereocenters. The van der Waals surface area contributed by atoms with Gasteiger partial charge in [-0.25, -0.2) is 0 Å². The largest absolute Gasteiger partial charge is 0.298 e. The first-order valence-corrected chi connectivity index (χ1v) is 8.65. The van der Waals surface area contributed by atoms with Crippen LogP contribution in [0.15, 0.2) is 17.5 Å². The van der Waals surface area contributed by atoms with E-state index in [1.54, 1.807) is 0 Å². The Kier molecular flexibility index (Phi) is 5.58. The van der Waals surface area contributed by atoms with Crippen LogP contribution in [0.25, 0.3) is 0 Å². The number of hydrogen-bond donors (Lipinski definition) is 1. The van der Waals surface area contributed by atoms with Crippen molar-refractivity contribution in [2.75, 3.05) is 18.8 Å². The molecule has 18 heavy (non-hydrogen) atoms. The van der Waals surface area contributed by atoms with Gasteiger partial charge in [-0.2, -0.15) is 12.6 Å². The van der Waals surface area contributed by atoms with E-state index in [2.05, 4.69) is 42.0 Å². The van der Waals surface area contributed by atoms with E-state index in [1.807, 2.05) is 11.3 Å². The zero-order valence-corrected chi connectivity index (χ0v) is 13.1. The lowest BCUT2D eigenvalue weighted by Gasteiger charge is -2.40. The lowest BCUT2D eigenvalue weighted by atomic mass is 9.75. The molecule has 1 fully saturated rings. The van der Waals surface area contributed by atoms with E-state index >= 15 is 0 Å². The maximum Gasteiger partial charge on any atom is 0.0328 e. The second-order valence-corrected chi connectivity index (χ2v) is 6.95. The summed E-state index contributed by atoms with van der Waals surface area (Å²) in [6, 6.07) is 4.41. The number of hydrogen-bond acceptors (Lipinski definition) is 3. The number of rotatable bonds is 6. The number of nitrogens with zero attached hydrogens (tertiary/aromatic N) is 1. The molecule has 1 aliphatic carbocycles. The average Bonchev–Trinajstić information content (AvgIpc) is 2.92. The smallest absolute Gasteiger partial charge is 0.0328 e. The Bertz CT molecular complexity index is 328. The van der Waals surface area contributed by atoms with Crippen molar-refractivity contribution in [1.82, 2.24) is 4.90 Å². The molecule has 1 heterocycles. The minimum Gasteiger partial charge on any atom is -0.298 e. The second kappa shape index (κ2) is 6.97. The van der Waals surface area contributed by atoms with Crippen molar-refractivity contribution >= 4 is 24.0 Å². The molecule has 1 aromatic heterocycles. The maximum atomic E-state index is 4.65. The molecule has 0 radical (unpaired) electrons. The predicted octanol–water partition coefficient (Wildman–Crippen LogP) is 4.45. The van der Waals surface area contributed by atoms with E-state index < -0.39 is 0 Å². The molecule has 1 aliphatic rings. The summed E-state index contributed by atoms with van der Waals surface area (Å²) in [5, 5.41) is 2.18. The van der Waals surface area contributed by atoms with E-state index in [0.717, 1.165) is 18.8 Å². The van der Waals surface area contributed by atoms with Crippen LogP contribution in [-0.4, -0.2) is 23.7 Å². The second-order valence-electron chi connectivity index (χ2n) is 5.60. The van der Waals surface area contributed by atoms with Gasteiger partial charge in [0.25, 0.3) is 0 Å². The van der Waals surface area contributed by atoms with Gasteiger partial charge in [0.15, 0.2) is 0 Å². The van der Waals surface area contributed by atoms with Crippen LogP contribution in [0.2, 0.25) is 0 Å². The molecule has 0 N–H and O–H groups in total. The van der Waals surface area contributed by atoms with Gasteiger partial charge in [-0.1, -0.05) is 32.3 Å². The molecular weight excluding hydrogens is 258 g/mol. The molecule has 0 aromatic carbocycles. The topological polar surface area (TPSA) is 3.24 Å². The van der Waals surface area contributed by atoms with Crippen molar-refractivity contribution in [2.24, 2.45) is 5.41 Å². The van der Waals surface area contributed by atoms with Gasteiger partial charge in [-0.15, -0.1) is 11.3 Å². The zero-order chi connectivity index (χ0) is 12.8. The highest BCUT2D eigenvalue weighted by Gasteiger charge is 2.32. The molecule has 0 bridgehead atoms. The molecule has 0 amide bonds. The van der Waals surface area contributed by atoms with Crippen LogP contribution in [0.3, 0.4) is 0 Å². The minimum atomic E-state index is 0.481. The summed E-state index contributed by atoms with van der Waals surface area (Å²) in [6.45, 7) is 5.77. The molecule has 1 saturated carbocycles. The van der Waals surface area contributed by atoms with Crippen molar-refractivity contribution < 1.29 is 0 Å². The van der Waals surface area contributed by atoms with Crippen LogP contribution in [-0.2, 0) is 6.54 Å². The highest BCUT2D eigenvalue weighted by Crippen LogP contribution is 2.38. The Balaban J connectivity index is 1.95. The van der Waals surface area contributed by atoms with Crippen LogP contribution in [0, 0.1) is 5.41 Å². The Hall–Kier alpha value is 0.01000. The van der Waals surface area contributed by atoms with E-state index in [4.69, 9.17) is 0 Å². The fourth-order valence-electron chi connectivity index (χ4n) is 3.04. The monoisotopic (exact) mass is 283 g/mol. The highest BCUT2D eigenvalue weighted by molar-refractivity contribution is 7.80. The third kappa shape index (κ3) is 3.75. The number of thiol groups is 1. The van der Waals surface area contributed by atoms with E-state index in [9.17, 15) is 0 Å². The molecule has 1 aromatic rings.